The van der Waals surface area contributed by atoms with Crippen LogP contribution < -0.4 is 15.5 Å². The molecule has 3 heterocycles. The van der Waals surface area contributed by atoms with E-state index in [-0.39, 0.29) is 36.6 Å². The fourth-order valence-electron chi connectivity index (χ4n) is 3.82. The predicted octanol–water partition coefficient (Wildman–Crippen LogP) is 2.18. The van der Waals surface area contributed by atoms with Gasteiger partial charge in [-0.1, -0.05) is 24.1 Å². The van der Waals surface area contributed by atoms with Gasteiger partial charge in [0, 0.05) is 32.1 Å². The Morgan fingerprint density at radius 2 is 2.06 bits per heavy atom. The number of fused-ring (bicyclic) bond motifs is 1. The second-order valence-corrected chi connectivity index (χ2v) is 8.10. The number of halogens is 1. The van der Waals surface area contributed by atoms with Crippen molar-refractivity contribution in [2.24, 2.45) is 5.92 Å². The minimum absolute atomic E-state index is 0.0797. The molecule has 0 saturated carbocycles. The molecule has 34 heavy (non-hydrogen) atoms. The summed E-state index contributed by atoms with van der Waals surface area (Å²) in [4.78, 5) is 39.0. The average Bonchev–Trinajstić information content (AvgIpc) is 2.85. The van der Waals surface area contributed by atoms with Crippen LogP contribution in [0.5, 0.6) is 0 Å². The quantitative estimate of drug-likeness (QED) is 0.566. The van der Waals surface area contributed by atoms with Crippen molar-refractivity contribution in [2.75, 3.05) is 24.5 Å². The van der Waals surface area contributed by atoms with Crippen molar-refractivity contribution in [3.63, 3.8) is 0 Å². The zero-order chi connectivity index (χ0) is 23.9. The lowest BCUT2D eigenvalue weighted by Crippen LogP contribution is -2.43. The molecular formula is C25H25FN6O2. The minimum atomic E-state index is -0.321. The number of carbonyl (C=O) groups excluding carboxylic acids is 2. The summed E-state index contributed by atoms with van der Waals surface area (Å²) in [6.07, 6.45) is 4.94. The number of aromatic nitrogens is 3. The van der Waals surface area contributed by atoms with Gasteiger partial charge in [-0.25, -0.2) is 19.3 Å². The Morgan fingerprint density at radius 1 is 1.21 bits per heavy atom. The van der Waals surface area contributed by atoms with Crippen LogP contribution in [0, 0.1) is 23.6 Å². The highest BCUT2D eigenvalue weighted by atomic mass is 19.1. The largest absolute Gasteiger partial charge is 0.369 e. The van der Waals surface area contributed by atoms with Gasteiger partial charge in [0.15, 0.2) is 5.65 Å². The second kappa shape index (κ2) is 10.7. The number of anilines is 1. The molecule has 3 aromatic rings. The number of rotatable bonds is 5. The Balaban J connectivity index is 1.39. The molecule has 0 unspecified atom stereocenters. The molecular weight excluding hydrogens is 435 g/mol. The van der Waals surface area contributed by atoms with Crippen molar-refractivity contribution in [2.45, 2.75) is 26.3 Å². The van der Waals surface area contributed by atoms with Crippen LogP contribution in [-0.2, 0) is 16.1 Å². The molecule has 1 aromatic carbocycles. The highest BCUT2D eigenvalue weighted by molar-refractivity contribution is 5.80. The Morgan fingerprint density at radius 3 is 2.88 bits per heavy atom. The summed E-state index contributed by atoms with van der Waals surface area (Å²) < 4.78 is 13.8. The molecule has 8 nitrogen and oxygen atoms in total. The highest BCUT2D eigenvalue weighted by Crippen LogP contribution is 2.24. The first kappa shape index (κ1) is 23.1. The number of nitrogens with zero attached hydrogens (tertiary/aromatic N) is 4. The summed E-state index contributed by atoms with van der Waals surface area (Å²) in [6, 6.07) is 8.35. The Hall–Kier alpha value is -4.06. The van der Waals surface area contributed by atoms with Gasteiger partial charge in [0.05, 0.1) is 30.5 Å². The van der Waals surface area contributed by atoms with Crippen LogP contribution in [-0.4, -0.2) is 46.4 Å². The van der Waals surface area contributed by atoms with Crippen molar-refractivity contribution >= 4 is 28.7 Å². The number of hydrogen-bond acceptors (Lipinski definition) is 6. The summed E-state index contributed by atoms with van der Waals surface area (Å²) in [5, 5.41) is 5.46. The van der Waals surface area contributed by atoms with E-state index in [1.165, 1.54) is 13.0 Å². The fraction of sp³-hybridized carbons (Fsp3) is 0.320. The molecule has 2 amide bonds. The number of hydrogen-bond donors (Lipinski definition) is 2. The van der Waals surface area contributed by atoms with Gasteiger partial charge < -0.3 is 15.5 Å². The lowest BCUT2D eigenvalue weighted by atomic mass is 9.96. The lowest BCUT2D eigenvalue weighted by molar-refractivity contribution is -0.125. The molecule has 1 aliphatic rings. The van der Waals surface area contributed by atoms with Gasteiger partial charge in [-0.2, -0.15) is 0 Å². The third-order valence-corrected chi connectivity index (χ3v) is 5.60. The van der Waals surface area contributed by atoms with E-state index in [1.54, 1.807) is 30.6 Å². The molecule has 0 spiro atoms. The van der Waals surface area contributed by atoms with E-state index in [0.29, 0.717) is 29.0 Å². The number of benzene rings is 1. The molecule has 0 aliphatic carbocycles. The second-order valence-electron chi connectivity index (χ2n) is 8.10. The average molecular weight is 461 g/mol. The number of pyridine rings is 1. The zero-order valence-electron chi connectivity index (χ0n) is 18.8. The van der Waals surface area contributed by atoms with E-state index in [2.05, 4.69) is 42.3 Å². The third kappa shape index (κ3) is 5.84. The fourth-order valence-corrected chi connectivity index (χ4v) is 3.82. The maximum atomic E-state index is 13.8. The van der Waals surface area contributed by atoms with Crippen molar-refractivity contribution in [3.05, 3.63) is 59.8 Å². The summed E-state index contributed by atoms with van der Waals surface area (Å²) in [5.41, 5.74) is 2.93. The van der Waals surface area contributed by atoms with Crippen LogP contribution in [0.25, 0.3) is 11.2 Å². The summed E-state index contributed by atoms with van der Waals surface area (Å²) in [7, 11) is 0. The summed E-state index contributed by atoms with van der Waals surface area (Å²) in [6.45, 7) is 3.21. The minimum Gasteiger partial charge on any atom is -0.369 e. The Bertz CT molecular complexity index is 1270. The third-order valence-electron chi connectivity index (χ3n) is 5.60. The molecule has 1 fully saturated rings. The van der Waals surface area contributed by atoms with E-state index in [9.17, 15) is 14.0 Å². The van der Waals surface area contributed by atoms with Gasteiger partial charge in [-0.3, -0.25) is 9.59 Å². The highest BCUT2D eigenvalue weighted by Gasteiger charge is 2.26. The molecule has 174 valence electrons. The van der Waals surface area contributed by atoms with E-state index >= 15 is 0 Å². The van der Waals surface area contributed by atoms with Crippen LogP contribution in [0.1, 0.15) is 31.0 Å². The molecule has 1 atom stereocenters. The Kier molecular flexibility index (Phi) is 7.28. The molecule has 1 saturated heterocycles. The van der Waals surface area contributed by atoms with Crippen LogP contribution in [0.3, 0.4) is 0 Å². The summed E-state index contributed by atoms with van der Waals surface area (Å²) in [5.74, 6) is 4.95. The van der Waals surface area contributed by atoms with Gasteiger partial charge >= 0.3 is 0 Å². The monoisotopic (exact) mass is 460 g/mol. The van der Waals surface area contributed by atoms with E-state index in [4.69, 9.17) is 0 Å². The van der Waals surface area contributed by atoms with E-state index in [0.717, 1.165) is 25.1 Å². The standard InChI is InChI=1S/C25H25FN6O2/c1-17(33)27-10-4-8-20-14-28-23-12-21(15-29-24(23)31-20)32-11-5-7-19(16-32)25(34)30-13-18-6-2-3-9-22(18)26/h2-3,6,9,12,14-15,19H,5,7,10-11,13,16H2,1H3,(H,27,33)(H,30,34)/t19-/m0/s1. The number of amides is 2. The van der Waals surface area contributed by atoms with Crippen molar-refractivity contribution in [3.8, 4) is 11.8 Å². The van der Waals surface area contributed by atoms with Gasteiger partial charge in [-0.15, -0.1) is 0 Å². The Labute approximate surface area is 197 Å². The smallest absolute Gasteiger partial charge is 0.225 e. The van der Waals surface area contributed by atoms with Crippen molar-refractivity contribution in [1.82, 2.24) is 25.6 Å². The zero-order valence-corrected chi connectivity index (χ0v) is 18.8. The predicted molar refractivity (Wildman–Crippen MR) is 126 cm³/mol. The van der Waals surface area contributed by atoms with Crippen molar-refractivity contribution in [1.29, 1.82) is 0 Å². The molecule has 2 N–H and O–H groups in total. The van der Waals surface area contributed by atoms with E-state index in [1.807, 2.05) is 6.07 Å². The molecule has 0 bridgehead atoms. The first-order chi connectivity index (χ1) is 16.5. The lowest BCUT2D eigenvalue weighted by Gasteiger charge is -2.33. The number of piperidine rings is 1. The van der Waals surface area contributed by atoms with Crippen LogP contribution in [0.4, 0.5) is 10.1 Å². The first-order valence-corrected chi connectivity index (χ1v) is 11.1. The maximum absolute atomic E-state index is 13.8. The van der Waals surface area contributed by atoms with Crippen molar-refractivity contribution < 1.29 is 14.0 Å². The molecule has 4 rings (SSSR count). The van der Waals surface area contributed by atoms with Gasteiger partial charge in [0.25, 0.3) is 0 Å². The molecule has 2 aromatic heterocycles. The van der Waals surface area contributed by atoms with Gasteiger partial charge in [-0.05, 0) is 30.9 Å². The number of nitrogens with one attached hydrogen (secondary N) is 2. The maximum Gasteiger partial charge on any atom is 0.225 e. The molecule has 0 radical (unpaired) electrons. The van der Waals surface area contributed by atoms with Gasteiger partial charge in [0.2, 0.25) is 11.8 Å². The summed E-state index contributed by atoms with van der Waals surface area (Å²) >= 11 is 0. The molecule has 9 heteroatoms. The number of carbonyl (C=O) groups is 2. The van der Waals surface area contributed by atoms with E-state index < -0.39 is 0 Å². The van der Waals surface area contributed by atoms with Crippen LogP contribution in [0.15, 0.2) is 42.7 Å². The SMILES string of the molecule is CC(=O)NCC#Cc1cnc2cc(N3CCC[C@H](C(=O)NCc4ccccc4F)C3)cnc2n1. The normalized spacial score (nSPS) is 15.4. The molecule has 1 aliphatic heterocycles. The first-order valence-electron chi connectivity index (χ1n) is 11.1. The topological polar surface area (TPSA) is 100 Å². The van der Waals surface area contributed by atoms with Crippen LogP contribution >= 0.6 is 0 Å². The van der Waals surface area contributed by atoms with Crippen LogP contribution in [0.2, 0.25) is 0 Å². The van der Waals surface area contributed by atoms with Gasteiger partial charge in [0.1, 0.15) is 17.0 Å².